The number of carbonyl (C=O) groups is 1. The van der Waals surface area contributed by atoms with Crippen LogP contribution in [0.4, 0.5) is 4.39 Å². The second-order valence-electron chi connectivity index (χ2n) is 6.86. The van der Waals surface area contributed by atoms with Crippen LogP contribution in [0.15, 0.2) is 47.5 Å². The van der Waals surface area contributed by atoms with Crippen LogP contribution in [0.25, 0.3) is 11.4 Å². The molecule has 1 atom stereocenters. The van der Waals surface area contributed by atoms with E-state index in [0.717, 1.165) is 5.56 Å². The van der Waals surface area contributed by atoms with Crippen molar-refractivity contribution in [1.82, 2.24) is 20.3 Å². The molecule has 1 amide bonds. The largest absolute Gasteiger partial charge is 0.349 e. The fourth-order valence-electron chi connectivity index (χ4n) is 3.62. The molecule has 0 unspecified atom stereocenters. The van der Waals surface area contributed by atoms with Gasteiger partial charge in [0.2, 0.25) is 5.91 Å². The Kier molecular flexibility index (Phi) is 4.73. The molecule has 0 aliphatic heterocycles. The first-order valence-corrected chi connectivity index (χ1v) is 9.10. The van der Waals surface area contributed by atoms with Gasteiger partial charge in [-0.05, 0) is 49.1 Å². The van der Waals surface area contributed by atoms with Crippen molar-refractivity contribution in [3.8, 4) is 11.4 Å². The minimum atomic E-state index is -0.348. The van der Waals surface area contributed by atoms with Crippen LogP contribution >= 0.6 is 0 Å². The molecule has 0 radical (unpaired) electrons. The molecule has 1 aliphatic rings. The van der Waals surface area contributed by atoms with Crippen LogP contribution in [0.3, 0.4) is 0 Å². The fraction of sp³-hybridized carbons (Fsp3) is 0.238. The maximum absolute atomic E-state index is 13.9. The van der Waals surface area contributed by atoms with Crippen LogP contribution in [-0.2, 0) is 17.6 Å². The van der Waals surface area contributed by atoms with Crippen molar-refractivity contribution in [2.45, 2.75) is 32.2 Å². The Morgan fingerprint density at radius 3 is 2.93 bits per heavy atom. The maximum atomic E-state index is 13.9. The summed E-state index contributed by atoms with van der Waals surface area (Å²) in [5.74, 6) is -0.108. The summed E-state index contributed by atoms with van der Waals surface area (Å²) < 4.78 is 13.9. The lowest BCUT2D eigenvalue weighted by Gasteiger charge is -2.14. The van der Waals surface area contributed by atoms with Crippen LogP contribution in [0.2, 0.25) is 0 Å². The van der Waals surface area contributed by atoms with Gasteiger partial charge >= 0.3 is 0 Å². The number of carbonyl (C=O) groups excluding carboxylic acids is 1. The number of hydrogen-bond donors (Lipinski definition) is 2. The maximum Gasteiger partial charge on any atom is 0.255 e. The molecule has 0 spiro atoms. The first-order valence-electron chi connectivity index (χ1n) is 9.10. The molecule has 1 aliphatic carbocycles. The summed E-state index contributed by atoms with van der Waals surface area (Å²) in [6, 6.07) is 8.23. The Balaban J connectivity index is 1.52. The zero-order valence-corrected chi connectivity index (χ0v) is 15.3. The average Bonchev–Trinajstić information content (AvgIpc) is 3.09. The summed E-state index contributed by atoms with van der Waals surface area (Å²) in [5.41, 5.74) is 2.63. The number of aromatic nitrogens is 3. The molecule has 3 aromatic rings. The van der Waals surface area contributed by atoms with E-state index in [4.69, 9.17) is 0 Å². The number of fused-ring (bicyclic) bond motifs is 1. The highest BCUT2D eigenvalue weighted by Gasteiger charge is 2.26. The van der Waals surface area contributed by atoms with Gasteiger partial charge in [-0.3, -0.25) is 14.6 Å². The second kappa shape index (κ2) is 7.34. The Bertz CT molecular complexity index is 1100. The molecule has 2 aromatic heterocycles. The summed E-state index contributed by atoms with van der Waals surface area (Å²) in [5, 5.41) is 2.92. The SMILES string of the molecule is Cc1nc(-c2cccnc2)[nH]c(=O)c1CC(=O)N[C@H]1CCc2c(F)cccc21. The predicted octanol–water partition coefficient (Wildman–Crippen LogP) is 2.63. The van der Waals surface area contributed by atoms with E-state index in [2.05, 4.69) is 20.3 Å². The van der Waals surface area contributed by atoms with Gasteiger partial charge in [-0.15, -0.1) is 0 Å². The van der Waals surface area contributed by atoms with Gasteiger partial charge in [-0.2, -0.15) is 0 Å². The lowest BCUT2D eigenvalue weighted by molar-refractivity contribution is -0.121. The van der Waals surface area contributed by atoms with E-state index < -0.39 is 0 Å². The van der Waals surface area contributed by atoms with Crippen LogP contribution in [0, 0.1) is 12.7 Å². The van der Waals surface area contributed by atoms with Crippen LogP contribution in [0.1, 0.15) is 34.8 Å². The zero-order valence-electron chi connectivity index (χ0n) is 15.3. The summed E-state index contributed by atoms with van der Waals surface area (Å²) in [7, 11) is 0. The number of hydrogen-bond acceptors (Lipinski definition) is 4. The van der Waals surface area contributed by atoms with Crippen molar-refractivity contribution < 1.29 is 9.18 Å². The molecule has 0 saturated heterocycles. The average molecular weight is 378 g/mol. The summed E-state index contributed by atoms with van der Waals surface area (Å²) in [4.78, 5) is 36.2. The number of amides is 1. The predicted molar refractivity (Wildman–Crippen MR) is 102 cm³/mol. The number of rotatable bonds is 4. The molecular weight excluding hydrogens is 359 g/mol. The highest BCUT2D eigenvalue weighted by atomic mass is 19.1. The van der Waals surface area contributed by atoms with E-state index in [1.165, 1.54) is 6.07 Å². The third-order valence-corrected chi connectivity index (χ3v) is 5.04. The van der Waals surface area contributed by atoms with E-state index in [-0.39, 0.29) is 29.7 Å². The summed E-state index contributed by atoms with van der Waals surface area (Å²) in [6.45, 7) is 1.71. The number of H-pyrrole nitrogens is 1. The molecule has 0 bridgehead atoms. The normalized spacial score (nSPS) is 15.3. The molecule has 28 heavy (non-hydrogen) atoms. The molecule has 2 N–H and O–H groups in total. The van der Waals surface area contributed by atoms with Gasteiger partial charge in [0.05, 0.1) is 12.5 Å². The summed E-state index contributed by atoms with van der Waals surface area (Å²) >= 11 is 0. The fourth-order valence-corrected chi connectivity index (χ4v) is 3.62. The number of nitrogens with zero attached hydrogens (tertiary/aromatic N) is 2. The van der Waals surface area contributed by atoms with E-state index >= 15 is 0 Å². The van der Waals surface area contributed by atoms with Gasteiger partial charge in [0.1, 0.15) is 11.6 Å². The molecule has 1 aromatic carbocycles. The molecular formula is C21H19FN4O2. The van der Waals surface area contributed by atoms with Crippen molar-refractivity contribution in [2.24, 2.45) is 0 Å². The minimum Gasteiger partial charge on any atom is -0.349 e. The Morgan fingerprint density at radius 2 is 2.18 bits per heavy atom. The lowest BCUT2D eigenvalue weighted by Crippen LogP contribution is -2.31. The molecule has 142 valence electrons. The van der Waals surface area contributed by atoms with Gasteiger partial charge in [-0.25, -0.2) is 9.37 Å². The van der Waals surface area contributed by atoms with E-state index in [1.807, 2.05) is 6.07 Å². The first-order chi connectivity index (χ1) is 13.5. The van der Waals surface area contributed by atoms with E-state index in [1.54, 1.807) is 37.5 Å². The van der Waals surface area contributed by atoms with Gasteiger partial charge < -0.3 is 10.3 Å². The van der Waals surface area contributed by atoms with Gasteiger partial charge in [0.25, 0.3) is 5.56 Å². The van der Waals surface area contributed by atoms with Gasteiger partial charge in [-0.1, -0.05) is 12.1 Å². The molecule has 6 nitrogen and oxygen atoms in total. The van der Waals surface area contributed by atoms with Crippen LogP contribution < -0.4 is 10.9 Å². The monoisotopic (exact) mass is 378 g/mol. The number of aromatic amines is 1. The standard InChI is InChI=1S/C21H19FN4O2/c1-12-16(21(28)26-20(24-12)13-4-3-9-23-11-13)10-19(27)25-18-8-7-14-15(18)5-2-6-17(14)22/h2-6,9,11,18H,7-8,10H2,1H3,(H,25,27)(H,24,26,28)/t18-/m0/s1. The topological polar surface area (TPSA) is 87.7 Å². The number of nitrogens with one attached hydrogen (secondary N) is 2. The number of pyridine rings is 1. The lowest BCUT2D eigenvalue weighted by atomic mass is 10.1. The van der Waals surface area contributed by atoms with Crippen LogP contribution in [0.5, 0.6) is 0 Å². The Hall–Kier alpha value is -3.35. The molecule has 2 heterocycles. The first kappa shape index (κ1) is 18.0. The molecule has 4 rings (SSSR count). The second-order valence-corrected chi connectivity index (χ2v) is 6.86. The van der Waals surface area contributed by atoms with Crippen molar-refractivity contribution in [2.75, 3.05) is 0 Å². The highest BCUT2D eigenvalue weighted by Crippen LogP contribution is 2.32. The Morgan fingerprint density at radius 1 is 1.32 bits per heavy atom. The minimum absolute atomic E-state index is 0.0807. The van der Waals surface area contributed by atoms with Gasteiger partial charge in [0, 0.05) is 29.2 Å². The van der Waals surface area contributed by atoms with Gasteiger partial charge in [0.15, 0.2) is 0 Å². The van der Waals surface area contributed by atoms with Crippen molar-refractivity contribution in [3.63, 3.8) is 0 Å². The quantitative estimate of drug-likeness (QED) is 0.731. The van der Waals surface area contributed by atoms with Crippen molar-refractivity contribution in [1.29, 1.82) is 0 Å². The zero-order chi connectivity index (χ0) is 19.7. The smallest absolute Gasteiger partial charge is 0.255 e. The third kappa shape index (κ3) is 3.43. The number of halogens is 1. The van der Waals surface area contributed by atoms with Crippen LogP contribution in [-0.4, -0.2) is 20.9 Å². The highest BCUT2D eigenvalue weighted by molar-refractivity contribution is 5.79. The third-order valence-electron chi connectivity index (χ3n) is 5.04. The molecule has 0 fully saturated rings. The van der Waals surface area contributed by atoms with Crippen molar-refractivity contribution >= 4 is 5.91 Å². The van der Waals surface area contributed by atoms with E-state index in [0.29, 0.717) is 41.1 Å². The summed E-state index contributed by atoms with van der Waals surface area (Å²) in [6.07, 6.45) is 4.41. The molecule has 0 saturated carbocycles. The number of aryl methyl sites for hydroxylation is 1. The molecule has 7 heteroatoms. The van der Waals surface area contributed by atoms with E-state index in [9.17, 15) is 14.0 Å². The van der Waals surface area contributed by atoms with Crippen molar-refractivity contribution in [3.05, 3.63) is 81.3 Å². The Labute approximate surface area is 160 Å². The number of benzene rings is 1.